The first-order valence-corrected chi connectivity index (χ1v) is 12.6. The Kier molecular flexibility index (Phi) is 7.57. The van der Waals surface area contributed by atoms with Crippen LogP contribution in [0.3, 0.4) is 0 Å². The van der Waals surface area contributed by atoms with Gasteiger partial charge in [-0.15, -0.1) is 5.10 Å². The Labute approximate surface area is 215 Å². The Bertz CT molecular complexity index is 1250. The van der Waals surface area contributed by atoms with Gasteiger partial charge in [0.15, 0.2) is 5.82 Å². The van der Waals surface area contributed by atoms with Gasteiger partial charge in [0.1, 0.15) is 11.8 Å². The average molecular weight is 541 g/mol. The lowest BCUT2D eigenvalue weighted by Gasteiger charge is -2.24. The molecule has 4 rings (SSSR count). The molecule has 0 bridgehead atoms. The minimum absolute atomic E-state index is 0.0144. The molecule has 2 amide bonds. The highest BCUT2D eigenvalue weighted by molar-refractivity contribution is 8.00. The second-order valence-corrected chi connectivity index (χ2v) is 10.1. The van der Waals surface area contributed by atoms with Crippen LogP contribution in [0.1, 0.15) is 34.7 Å². The third-order valence-electron chi connectivity index (χ3n) is 4.71. The van der Waals surface area contributed by atoms with Crippen LogP contribution >= 0.6 is 46.6 Å². The predicted octanol–water partition coefficient (Wildman–Crippen LogP) is 5.11. The van der Waals surface area contributed by atoms with Crippen LogP contribution in [0.15, 0.2) is 36.5 Å². The van der Waals surface area contributed by atoms with Crippen molar-refractivity contribution in [3.63, 3.8) is 0 Å². The van der Waals surface area contributed by atoms with Crippen LogP contribution in [0.5, 0.6) is 5.88 Å². The van der Waals surface area contributed by atoms with Crippen molar-refractivity contribution < 1.29 is 14.3 Å². The molecule has 0 spiro atoms. The Morgan fingerprint density at radius 2 is 1.91 bits per heavy atom. The number of pyridine rings is 1. The van der Waals surface area contributed by atoms with Crippen molar-refractivity contribution >= 4 is 64.1 Å². The Morgan fingerprint density at radius 1 is 1.15 bits per heavy atom. The molecule has 0 saturated carbocycles. The summed E-state index contributed by atoms with van der Waals surface area (Å²) in [7, 11) is 0. The topological polar surface area (TPSA) is 98.1 Å². The van der Waals surface area contributed by atoms with E-state index < -0.39 is 11.8 Å². The van der Waals surface area contributed by atoms with E-state index in [0.717, 1.165) is 11.5 Å². The first-order chi connectivity index (χ1) is 16.2. The van der Waals surface area contributed by atoms with Crippen molar-refractivity contribution in [1.82, 2.24) is 20.1 Å². The molecule has 2 aromatic heterocycles. The number of nitrogens with one attached hydrogen (secondary N) is 2. The zero-order valence-corrected chi connectivity index (χ0v) is 21.2. The minimum atomic E-state index is -0.588. The molecule has 1 aromatic carbocycles. The Hall–Kier alpha value is -2.46. The molecule has 3 heterocycles. The van der Waals surface area contributed by atoms with Crippen molar-refractivity contribution in [2.45, 2.75) is 26.0 Å². The Morgan fingerprint density at radius 3 is 2.56 bits per heavy atom. The van der Waals surface area contributed by atoms with Crippen LogP contribution in [0.2, 0.25) is 15.1 Å². The van der Waals surface area contributed by atoms with Crippen LogP contribution < -0.4 is 15.4 Å². The molecule has 8 nitrogen and oxygen atoms in total. The fourth-order valence-electron chi connectivity index (χ4n) is 3.12. The number of thioether (sulfide) groups is 1. The lowest BCUT2D eigenvalue weighted by Crippen LogP contribution is -2.31. The van der Waals surface area contributed by atoms with Crippen molar-refractivity contribution in [2.24, 2.45) is 0 Å². The summed E-state index contributed by atoms with van der Waals surface area (Å²) in [5.74, 6) is 1.18. The number of halogens is 3. The number of benzene rings is 1. The normalized spacial score (nSPS) is 13.5. The third kappa shape index (κ3) is 5.43. The average Bonchev–Trinajstić information content (AvgIpc) is 3.16. The molecule has 178 valence electrons. The number of nitrogens with zero attached hydrogens (tertiary/aromatic N) is 3. The number of aromatic nitrogens is 3. The van der Waals surface area contributed by atoms with Crippen LogP contribution in [-0.2, 0) is 0 Å². The van der Waals surface area contributed by atoms with Gasteiger partial charge in [0.05, 0.1) is 21.3 Å². The van der Waals surface area contributed by atoms with E-state index in [0.29, 0.717) is 5.02 Å². The summed E-state index contributed by atoms with van der Waals surface area (Å²) in [5.41, 5.74) is 0.347. The van der Waals surface area contributed by atoms with E-state index in [1.54, 1.807) is 23.9 Å². The fraction of sp³-hybridized carbons (Fsp3) is 0.273. The standard InChI is InChI=1S/C22H20Cl3N5O3S/c1-11(2)27-21(31)14-6-12(23)7-16(25)19(14)28-22(32)17-8-18(33-13-9-34-10-13)29-30(17)20-15(24)4-3-5-26-20/h3-8,11,13H,9-10H2,1-2H3,(H,27,31)(H,28,32). The molecule has 0 atom stereocenters. The van der Waals surface area contributed by atoms with E-state index in [9.17, 15) is 9.59 Å². The number of rotatable bonds is 7. The lowest BCUT2D eigenvalue weighted by molar-refractivity contribution is 0.0944. The van der Waals surface area contributed by atoms with Gasteiger partial charge in [-0.05, 0) is 38.1 Å². The van der Waals surface area contributed by atoms with Gasteiger partial charge in [-0.25, -0.2) is 9.67 Å². The summed E-state index contributed by atoms with van der Waals surface area (Å²) in [6.07, 6.45) is 1.55. The zero-order chi connectivity index (χ0) is 24.4. The number of ether oxygens (including phenoxy) is 1. The number of hydrogen-bond acceptors (Lipinski definition) is 6. The van der Waals surface area contributed by atoms with Crippen molar-refractivity contribution in [1.29, 1.82) is 0 Å². The van der Waals surface area contributed by atoms with Gasteiger partial charge in [-0.2, -0.15) is 11.8 Å². The third-order valence-corrected chi connectivity index (χ3v) is 6.74. The molecule has 2 N–H and O–H groups in total. The first kappa shape index (κ1) is 24.7. The summed E-state index contributed by atoms with van der Waals surface area (Å²) in [6, 6.07) is 7.57. The van der Waals surface area contributed by atoms with Crippen LogP contribution in [0, 0.1) is 0 Å². The van der Waals surface area contributed by atoms with E-state index in [4.69, 9.17) is 39.5 Å². The molecule has 1 saturated heterocycles. The summed E-state index contributed by atoms with van der Waals surface area (Å²) in [4.78, 5) is 30.4. The molecule has 1 fully saturated rings. The minimum Gasteiger partial charge on any atom is -0.472 e. The molecule has 34 heavy (non-hydrogen) atoms. The summed E-state index contributed by atoms with van der Waals surface area (Å²) >= 11 is 20.6. The van der Waals surface area contributed by atoms with Crippen LogP contribution in [-0.4, -0.2) is 50.2 Å². The van der Waals surface area contributed by atoms with Crippen molar-refractivity contribution in [3.8, 4) is 11.7 Å². The number of carbonyl (C=O) groups is 2. The van der Waals surface area contributed by atoms with Gasteiger partial charge < -0.3 is 15.4 Å². The molecule has 0 unspecified atom stereocenters. The molecule has 1 aliphatic rings. The highest BCUT2D eigenvalue weighted by Crippen LogP contribution is 2.32. The molecular formula is C22H20Cl3N5O3S. The summed E-state index contributed by atoms with van der Waals surface area (Å²) < 4.78 is 7.17. The predicted molar refractivity (Wildman–Crippen MR) is 135 cm³/mol. The molecular weight excluding hydrogens is 521 g/mol. The zero-order valence-electron chi connectivity index (χ0n) is 18.1. The number of amides is 2. The molecule has 0 aliphatic carbocycles. The lowest BCUT2D eigenvalue weighted by atomic mass is 10.1. The smallest absolute Gasteiger partial charge is 0.274 e. The van der Waals surface area contributed by atoms with Crippen molar-refractivity contribution in [2.75, 3.05) is 16.8 Å². The van der Waals surface area contributed by atoms with Gasteiger partial charge in [-0.3, -0.25) is 9.59 Å². The SMILES string of the molecule is CC(C)NC(=O)c1cc(Cl)cc(Cl)c1NC(=O)c1cc(OC2CSC2)nn1-c1ncccc1Cl. The molecule has 3 aromatic rings. The largest absolute Gasteiger partial charge is 0.472 e. The highest BCUT2D eigenvalue weighted by atomic mass is 35.5. The summed E-state index contributed by atoms with van der Waals surface area (Å²) in [6.45, 7) is 3.64. The Balaban J connectivity index is 1.72. The first-order valence-electron chi connectivity index (χ1n) is 10.3. The highest BCUT2D eigenvalue weighted by Gasteiger charge is 2.26. The maximum absolute atomic E-state index is 13.4. The van der Waals surface area contributed by atoms with E-state index in [1.807, 2.05) is 13.8 Å². The molecule has 12 heteroatoms. The second-order valence-electron chi connectivity index (χ2n) is 7.76. The number of carbonyl (C=O) groups excluding carboxylic acids is 2. The maximum Gasteiger partial charge on any atom is 0.274 e. The fourth-order valence-corrected chi connectivity index (χ4v) is 4.43. The van der Waals surface area contributed by atoms with E-state index in [-0.39, 0.29) is 50.8 Å². The monoisotopic (exact) mass is 539 g/mol. The van der Waals surface area contributed by atoms with E-state index in [1.165, 1.54) is 29.1 Å². The molecule has 0 radical (unpaired) electrons. The molecule has 1 aliphatic heterocycles. The van der Waals surface area contributed by atoms with Gasteiger partial charge in [0.25, 0.3) is 11.8 Å². The number of hydrogen-bond donors (Lipinski definition) is 2. The summed E-state index contributed by atoms with van der Waals surface area (Å²) in [5, 5.41) is 10.6. The van der Waals surface area contributed by atoms with Crippen molar-refractivity contribution in [3.05, 3.63) is 62.9 Å². The van der Waals surface area contributed by atoms with E-state index in [2.05, 4.69) is 20.7 Å². The quantitative estimate of drug-likeness (QED) is 0.432. The number of anilines is 1. The maximum atomic E-state index is 13.4. The van der Waals surface area contributed by atoms with Crippen LogP contribution in [0.25, 0.3) is 5.82 Å². The second kappa shape index (κ2) is 10.4. The van der Waals surface area contributed by atoms with Gasteiger partial charge in [-0.1, -0.05) is 34.8 Å². The van der Waals surface area contributed by atoms with Crippen LogP contribution in [0.4, 0.5) is 5.69 Å². The van der Waals surface area contributed by atoms with E-state index >= 15 is 0 Å². The van der Waals surface area contributed by atoms with Gasteiger partial charge in [0.2, 0.25) is 5.88 Å². The van der Waals surface area contributed by atoms with Gasteiger partial charge in [0, 0.05) is 34.8 Å². The van der Waals surface area contributed by atoms with Gasteiger partial charge >= 0.3 is 0 Å².